The molecule has 2 aromatic rings. The number of thioether (sulfide) groups is 1. The molecular formula is C14H16N6O5S. The van der Waals surface area contributed by atoms with Crippen LogP contribution in [0.4, 0.5) is 5.82 Å². The number of ether oxygens (including phenoxy) is 1. The van der Waals surface area contributed by atoms with Crippen molar-refractivity contribution < 1.29 is 24.5 Å². The zero-order valence-electron chi connectivity index (χ0n) is 13.3. The number of imidazole rings is 1. The molecule has 0 unspecified atom stereocenters. The number of aliphatic carboxylic acids is 1. The van der Waals surface area contributed by atoms with Crippen LogP contribution >= 0.6 is 11.8 Å². The van der Waals surface area contributed by atoms with Gasteiger partial charge in [-0.05, 0) is 12.2 Å². The number of Topliss-reactive ketones (excluding diaryl/α,β-unsaturated/α-hetero) is 1. The van der Waals surface area contributed by atoms with Gasteiger partial charge < -0.3 is 26.4 Å². The van der Waals surface area contributed by atoms with Gasteiger partial charge in [0.1, 0.15) is 24.2 Å². The number of ketones is 1. The summed E-state index contributed by atoms with van der Waals surface area (Å²) in [4.78, 5) is 34.8. The highest BCUT2D eigenvalue weighted by Crippen LogP contribution is 2.32. The number of carboxylic acids is 1. The van der Waals surface area contributed by atoms with Crippen LogP contribution in [0.25, 0.3) is 11.2 Å². The van der Waals surface area contributed by atoms with Gasteiger partial charge in [-0.15, -0.1) is 11.8 Å². The standard InChI is InChI=1S/C14H16N6O5S/c15-6(14(23)24)1-2-26-3-7-9(21)10(22)13(25-7)20-5-19-8-11(16)17-4-18-12(8)20/h3-6,10,13,22H,1-2,15H2,(H,23,24)(H2,16,17,18)/b7-3-/t6-,10-,13-/m1/s1. The first-order valence-corrected chi connectivity index (χ1v) is 8.57. The van der Waals surface area contributed by atoms with Gasteiger partial charge in [-0.3, -0.25) is 14.2 Å². The molecule has 3 rings (SSSR count). The molecule has 12 heteroatoms. The Bertz CT molecular complexity index is 884. The van der Waals surface area contributed by atoms with Crippen molar-refractivity contribution in [3.63, 3.8) is 0 Å². The highest BCUT2D eigenvalue weighted by atomic mass is 32.2. The zero-order valence-corrected chi connectivity index (χ0v) is 14.2. The number of anilines is 1. The molecule has 0 aromatic carbocycles. The van der Waals surface area contributed by atoms with E-state index in [1.54, 1.807) is 0 Å². The quantitative estimate of drug-likeness (QED) is 0.365. The van der Waals surface area contributed by atoms with Gasteiger partial charge in [-0.25, -0.2) is 15.0 Å². The molecule has 1 saturated heterocycles. The van der Waals surface area contributed by atoms with E-state index in [2.05, 4.69) is 15.0 Å². The summed E-state index contributed by atoms with van der Waals surface area (Å²) in [5.74, 6) is -1.15. The van der Waals surface area contributed by atoms with E-state index in [1.165, 1.54) is 34.4 Å². The van der Waals surface area contributed by atoms with E-state index in [-0.39, 0.29) is 18.0 Å². The molecule has 3 heterocycles. The van der Waals surface area contributed by atoms with Crippen LogP contribution in [-0.4, -0.2) is 59.4 Å². The largest absolute Gasteiger partial charge is 0.480 e. The Kier molecular flexibility index (Phi) is 5.06. The second-order valence-corrected chi connectivity index (χ2v) is 6.46. The van der Waals surface area contributed by atoms with Crippen LogP contribution in [0.5, 0.6) is 0 Å². The summed E-state index contributed by atoms with van der Waals surface area (Å²) in [6.07, 6.45) is 0.370. The van der Waals surface area contributed by atoms with Gasteiger partial charge in [-0.1, -0.05) is 0 Å². The zero-order chi connectivity index (χ0) is 18.8. The Morgan fingerprint density at radius 1 is 1.46 bits per heavy atom. The molecule has 0 radical (unpaired) electrons. The van der Waals surface area contributed by atoms with E-state index in [0.717, 1.165) is 0 Å². The van der Waals surface area contributed by atoms with Crippen LogP contribution < -0.4 is 11.5 Å². The van der Waals surface area contributed by atoms with Crippen LogP contribution in [-0.2, 0) is 14.3 Å². The van der Waals surface area contributed by atoms with Crippen molar-refractivity contribution in [3.05, 3.63) is 23.8 Å². The average Bonchev–Trinajstić information content (AvgIpc) is 3.15. The van der Waals surface area contributed by atoms with Crippen LogP contribution in [0.3, 0.4) is 0 Å². The Hall–Kier alpha value is -2.70. The summed E-state index contributed by atoms with van der Waals surface area (Å²) in [7, 11) is 0. The van der Waals surface area contributed by atoms with E-state index in [4.69, 9.17) is 21.3 Å². The molecule has 6 N–H and O–H groups in total. The maximum absolute atomic E-state index is 12.2. The maximum atomic E-state index is 12.2. The predicted molar refractivity (Wildman–Crippen MR) is 91.6 cm³/mol. The van der Waals surface area contributed by atoms with Crippen molar-refractivity contribution in [3.8, 4) is 0 Å². The first-order valence-electron chi connectivity index (χ1n) is 7.52. The van der Waals surface area contributed by atoms with E-state index < -0.39 is 30.1 Å². The average molecular weight is 380 g/mol. The number of carboxylic acid groups (broad SMARTS) is 1. The number of nitrogen functional groups attached to an aromatic ring is 1. The second-order valence-electron chi connectivity index (χ2n) is 5.49. The summed E-state index contributed by atoms with van der Waals surface area (Å²) < 4.78 is 6.95. The van der Waals surface area contributed by atoms with Crippen LogP contribution in [0.2, 0.25) is 0 Å². The molecule has 1 aliphatic rings. The minimum Gasteiger partial charge on any atom is -0.480 e. The van der Waals surface area contributed by atoms with E-state index in [1.807, 2.05) is 0 Å². The molecule has 0 bridgehead atoms. The minimum atomic E-state index is -1.43. The molecule has 2 aromatic heterocycles. The number of hydrogen-bond donors (Lipinski definition) is 4. The molecule has 0 aliphatic carbocycles. The fraction of sp³-hybridized carbons (Fsp3) is 0.357. The Morgan fingerprint density at radius 2 is 2.23 bits per heavy atom. The summed E-state index contributed by atoms with van der Waals surface area (Å²) in [5.41, 5.74) is 11.8. The molecule has 138 valence electrons. The first-order chi connectivity index (χ1) is 12.4. The highest BCUT2D eigenvalue weighted by molar-refractivity contribution is 8.02. The smallest absolute Gasteiger partial charge is 0.320 e. The number of carbonyl (C=O) groups is 2. The predicted octanol–water partition coefficient (Wildman–Crippen LogP) is -0.756. The van der Waals surface area contributed by atoms with Crippen LogP contribution in [0.1, 0.15) is 12.6 Å². The maximum Gasteiger partial charge on any atom is 0.320 e. The third kappa shape index (κ3) is 3.34. The molecule has 0 saturated carbocycles. The van der Waals surface area contributed by atoms with Crippen LogP contribution in [0, 0.1) is 0 Å². The van der Waals surface area contributed by atoms with Crippen molar-refractivity contribution in [2.24, 2.45) is 5.73 Å². The van der Waals surface area contributed by atoms with Gasteiger partial charge in [0.05, 0.1) is 0 Å². The molecule has 11 nitrogen and oxygen atoms in total. The molecule has 3 atom stereocenters. The minimum absolute atomic E-state index is 0.0275. The van der Waals surface area contributed by atoms with E-state index in [0.29, 0.717) is 16.9 Å². The first kappa shape index (κ1) is 18.1. The molecular weight excluding hydrogens is 364 g/mol. The van der Waals surface area contributed by atoms with Gasteiger partial charge in [0.2, 0.25) is 12.0 Å². The Balaban J connectivity index is 1.73. The fourth-order valence-corrected chi connectivity index (χ4v) is 3.16. The second kappa shape index (κ2) is 7.27. The van der Waals surface area contributed by atoms with Crippen molar-refractivity contribution in [2.75, 3.05) is 11.5 Å². The molecule has 0 spiro atoms. The van der Waals surface area contributed by atoms with Crippen molar-refractivity contribution in [1.29, 1.82) is 0 Å². The molecule has 1 fully saturated rings. The van der Waals surface area contributed by atoms with Gasteiger partial charge in [0.15, 0.2) is 23.3 Å². The van der Waals surface area contributed by atoms with E-state index in [9.17, 15) is 14.7 Å². The number of aliphatic hydroxyl groups is 1. The molecule has 0 amide bonds. The van der Waals surface area contributed by atoms with Gasteiger partial charge in [-0.2, -0.15) is 0 Å². The monoisotopic (exact) mass is 380 g/mol. The van der Waals surface area contributed by atoms with Crippen LogP contribution in [0.15, 0.2) is 23.8 Å². The van der Waals surface area contributed by atoms with Gasteiger partial charge in [0.25, 0.3) is 0 Å². The fourth-order valence-electron chi connectivity index (χ4n) is 2.33. The van der Waals surface area contributed by atoms with Crippen molar-refractivity contribution >= 4 is 40.5 Å². The number of aromatic nitrogens is 4. The molecule has 26 heavy (non-hydrogen) atoms. The third-order valence-corrected chi connectivity index (χ3v) is 4.60. The summed E-state index contributed by atoms with van der Waals surface area (Å²) in [5, 5.41) is 20.4. The Morgan fingerprint density at radius 3 is 2.96 bits per heavy atom. The SMILES string of the molecule is Nc1ncnc2c1ncn2[C@@H]1O/C(=C\SCC[C@@H](N)C(=O)O)C(=O)[C@H]1O. The number of nitrogens with zero attached hydrogens (tertiary/aromatic N) is 4. The van der Waals surface area contributed by atoms with Crippen molar-refractivity contribution in [1.82, 2.24) is 19.5 Å². The summed E-state index contributed by atoms with van der Waals surface area (Å²) >= 11 is 1.17. The number of rotatable bonds is 6. The topological polar surface area (TPSA) is 179 Å². The number of nitrogens with two attached hydrogens (primary N) is 2. The lowest BCUT2D eigenvalue weighted by atomic mass is 10.2. The lowest BCUT2D eigenvalue weighted by Gasteiger charge is -2.14. The van der Waals surface area contributed by atoms with Gasteiger partial charge in [0, 0.05) is 5.41 Å². The highest BCUT2D eigenvalue weighted by Gasteiger charge is 2.41. The lowest BCUT2D eigenvalue weighted by Crippen LogP contribution is -2.30. The number of carbonyl (C=O) groups excluding carboxylic acids is 1. The number of fused-ring (bicyclic) bond motifs is 1. The molecule has 1 aliphatic heterocycles. The summed E-state index contributed by atoms with van der Waals surface area (Å²) in [6, 6.07) is -0.970. The van der Waals surface area contributed by atoms with E-state index >= 15 is 0 Å². The normalized spacial score (nSPS) is 22.7. The van der Waals surface area contributed by atoms with Gasteiger partial charge >= 0.3 is 5.97 Å². The Labute approximate surface area is 151 Å². The van der Waals surface area contributed by atoms with Crippen molar-refractivity contribution in [2.45, 2.75) is 24.8 Å². The summed E-state index contributed by atoms with van der Waals surface area (Å²) in [6.45, 7) is 0. The number of aliphatic hydroxyl groups excluding tert-OH is 1. The number of hydrogen-bond acceptors (Lipinski definition) is 10. The third-order valence-electron chi connectivity index (χ3n) is 3.74. The lowest BCUT2D eigenvalue weighted by molar-refractivity contribution is -0.138.